The Kier molecular flexibility index (Phi) is 5.62. The molecule has 4 nitrogen and oxygen atoms in total. The SMILES string of the molecule is CCCCCCOc1ccc(S(=O)(=O)O)cc1C. The largest absolute Gasteiger partial charge is 0.493 e. The first-order valence-corrected chi connectivity index (χ1v) is 7.60. The van der Waals surface area contributed by atoms with Gasteiger partial charge in [-0.1, -0.05) is 26.2 Å². The number of unbranched alkanes of at least 4 members (excludes halogenated alkanes) is 3. The molecule has 18 heavy (non-hydrogen) atoms. The number of aryl methyl sites for hydroxylation is 1. The van der Waals surface area contributed by atoms with Crippen LogP contribution in [0, 0.1) is 6.92 Å². The lowest BCUT2D eigenvalue weighted by Crippen LogP contribution is -2.02. The molecule has 0 radical (unpaired) electrons. The Bertz CT molecular complexity index is 480. The van der Waals surface area contributed by atoms with Gasteiger partial charge in [-0.3, -0.25) is 4.55 Å². The van der Waals surface area contributed by atoms with Crippen LogP contribution in [0.2, 0.25) is 0 Å². The van der Waals surface area contributed by atoms with E-state index in [-0.39, 0.29) is 4.90 Å². The van der Waals surface area contributed by atoms with Crippen molar-refractivity contribution < 1.29 is 17.7 Å². The summed E-state index contributed by atoms with van der Waals surface area (Å²) in [5.74, 6) is 0.666. The highest BCUT2D eigenvalue weighted by Gasteiger charge is 2.11. The molecule has 0 atom stereocenters. The van der Waals surface area contributed by atoms with E-state index in [0.29, 0.717) is 17.9 Å². The van der Waals surface area contributed by atoms with Crippen LogP contribution < -0.4 is 4.74 Å². The van der Waals surface area contributed by atoms with Gasteiger partial charge in [-0.2, -0.15) is 8.42 Å². The number of ether oxygens (including phenoxy) is 1. The lowest BCUT2D eigenvalue weighted by atomic mass is 10.2. The molecule has 0 spiro atoms. The van der Waals surface area contributed by atoms with Crippen LogP contribution >= 0.6 is 0 Å². The molecule has 1 aromatic rings. The Morgan fingerprint density at radius 1 is 1.22 bits per heavy atom. The summed E-state index contributed by atoms with van der Waals surface area (Å²) < 4.78 is 36.4. The minimum absolute atomic E-state index is 0.0988. The van der Waals surface area contributed by atoms with Gasteiger partial charge in [-0.15, -0.1) is 0 Å². The highest BCUT2D eigenvalue weighted by molar-refractivity contribution is 7.85. The molecule has 0 saturated heterocycles. The molecule has 0 aliphatic rings. The summed E-state index contributed by atoms with van der Waals surface area (Å²) in [5, 5.41) is 0. The minimum Gasteiger partial charge on any atom is -0.493 e. The Morgan fingerprint density at radius 2 is 1.94 bits per heavy atom. The highest BCUT2D eigenvalue weighted by Crippen LogP contribution is 2.21. The summed E-state index contributed by atoms with van der Waals surface area (Å²) >= 11 is 0. The molecule has 0 fully saturated rings. The molecule has 0 aliphatic heterocycles. The van der Waals surface area contributed by atoms with Gasteiger partial charge in [0.2, 0.25) is 0 Å². The van der Waals surface area contributed by atoms with E-state index < -0.39 is 10.1 Å². The summed E-state index contributed by atoms with van der Waals surface area (Å²) in [5.41, 5.74) is 0.709. The quantitative estimate of drug-likeness (QED) is 0.611. The molecule has 5 heteroatoms. The molecule has 0 amide bonds. The second-order valence-electron chi connectivity index (χ2n) is 4.31. The second-order valence-corrected chi connectivity index (χ2v) is 5.73. The van der Waals surface area contributed by atoms with E-state index >= 15 is 0 Å². The van der Waals surface area contributed by atoms with Crippen LogP contribution in [0.5, 0.6) is 5.75 Å². The Labute approximate surface area is 109 Å². The van der Waals surface area contributed by atoms with Crippen molar-refractivity contribution in [3.8, 4) is 5.75 Å². The van der Waals surface area contributed by atoms with Crippen molar-refractivity contribution in [3.05, 3.63) is 23.8 Å². The number of hydrogen-bond donors (Lipinski definition) is 1. The molecule has 1 aromatic carbocycles. The van der Waals surface area contributed by atoms with Crippen LogP contribution in [-0.4, -0.2) is 19.6 Å². The van der Waals surface area contributed by atoms with Crippen molar-refractivity contribution in [2.24, 2.45) is 0 Å². The smallest absolute Gasteiger partial charge is 0.294 e. The monoisotopic (exact) mass is 272 g/mol. The lowest BCUT2D eigenvalue weighted by molar-refractivity contribution is 0.303. The van der Waals surface area contributed by atoms with Gasteiger partial charge in [0, 0.05) is 0 Å². The third-order valence-corrected chi connectivity index (χ3v) is 3.55. The van der Waals surface area contributed by atoms with Crippen molar-refractivity contribution in [2.75, 3.05) is 6.61 Å². The number of hydrogen-bond acceptors (Lipinski definition) is 3. The van der Waals surface area contributed by atoms with Crippen molar-refractivity contribution >= 4 is 10.1 Å². The van der Waals surface area contributed by atoms with E-state index in [1.165, 1.54) is 25.0 Å². The molecule has 1 rings (SSSR count). The molecule has 0 saturated carbocycles. The maximum Gasteiger partial charge on any atom is 0.294 e. The Morgan fingerprint density at radius 3 is 2.50 bits per heavy atom. The fraction of sp³-hybridized carbons (Fsp3) is 0.538. The first kappa shape index (κ1) is 15.0. The van der Waals surface area contributed by atoms with E-state index in [0.717, 1.165) is 12.8 Å². The second kappa shape index (κ2) is 6.75. The average molecular weight is 272 g/mol. The van der Waals surface area contributed by atoms with Crippen molar-refractivity contribution in [1.29, 1.82) is 0 Å². The lowest BCUT2D eigenvalue weighted by Gasteiger charge is -2.09. The zero-order valence-electron chi connectivity index (χ0n) is 10.8. The van der Waals surface area contributed by atoms with Crippen molar-refractivity contribution in [1.82, 2.24) is 0 Å². The number of benzene rings is 1. The van der Waals surface area contributed by atoms with Gasteiger partial charge in [-0.05, 0) is 37.1 Å². The van der Waals surface area contributed by atoms with Gasteiger partial charge in [-0.25, -0.2) is 0 Å². The molecular weight excluding hydrogens is 252 g/mol. The van der Waals surface area contributed by atoms with Gasteiger partial charge in [0.15, 0.2) is 0 Å². The maximum atomic E-state index is 10.9. The van der Waals surface area contributed by atoms with E-state index in [1.807, 2.05) is 0 Å². The van der Waals surface area contributed by atoms with Gasteiger partial charge in [0.1, 0.15) is 5.75 Å². The molecule has 1 N–H and O–H groups in total. The Balaban J connectivity index is 2.58. The molecule has 0 aliphatic carbocycles. The van der Waals surface area contributed by atoms with E-state index in [9.17, 15) is 8.42 Å². The summed E-state index contributed by atoms with van der Waals surface area (Å²) in [4.78, 5) is -0.0988. The molecule has 102 valence electrons. The first-order chi connectivity index (χ1) is 8.45. The standard InChI is InChI=1S/C13H20O4S/c1-3-4-5-6-9-17-13-8-7-12(10-11(13)2)18(14,15)16/h7-8,10H,3-6,9H2,1-2H3,(H,14,15,16). The topological polar surface area (TPSA) is 63.6 Å². The van der Waals surface area contributed by atoms with Gasteiger partial charge >= 0.3 is 0 Å². The fourth-order valence-corrected chi connectivity index (χ4v) is 2.22. The predicted molar refractivity (Wildman–Crippen MR) is 70.6 cm³/mol. The normalized spacial score (nSPS) is 11.5. The third-order valence-electron chi connectivity index (χ3n) is 2.70. The van der Waals surface area contributed by atoms with Crippen LogP contribution in [0.25, 0.3) is 0 Å². The van der Waals surface area contributed by atoms with Crippen LogP contribution in [0.1, 0.15) is 38.2 Å². The minimum atomic E-state index is -4.13. The van der Waals surface area contributed by atoms with Gasteiger partial charge < -0.3 is 4.74 Å². The molecular formula is C13H20O4S. The van der Waals surface area contributed by atoms with Crippen LogP contribution in [0.3, 0.4) is 0 Å². The van der Waals surface area contributed by atoms with E-state index in [2.05, 4.69) is 6.92 Å². The van der Waals surface area contributed by atoms with Gasteiger partial charge in [0.05, 0.1) is 11.5 Å². The summed E-state index contributed by atoms with van der Waals surface area (Å²) in [6, 6.07) is 4.35. The van der Waals surface area contributed by atoms with Crippen LogP contribution in [0.4, 0.5) is 0 Å². The highest BCUT2D eigenvalue weighted by atomic mass is 32.2. The Hall–Kier alpha value is -1.07. The number of rotatable bonds is 7. The van der Waals surface area contributed by atoms with Crippen molar-refractivity contribution in [3.63, 3.8) is 0 Å². The predicted octanol–water partition coefficient (Wildman–Crippen LogP) is 3.20. The summed E-state index contributed by atoms with van der Waals surface area (Å²) in [7, 11) is -4.13. The summed E-state index contributed by atoms with van der Waals surface area (Å²) in [6.07, 6.45) is 4.51. The molecule has 0 aromatic heterocycles. The summed E-state index contributed by atoms with van der Waals surface area (Å²) in [6.45, 7) is 4.54. The third kappa shape index (κ3) is 4.66. The average Bonchev–Trinajstić information content (AvgIpc) is 2.29. The first-order valence-electron chi connectivity index (χ1n) is 6.16. The molecule has 0 unspecified atom stereocenters. The zero-order valence-corrected chi connectivity index (χ0v) is 11.7. The van der Waals surface area contributed by atoms with Crippen LogP contribution in [0.15, 0.2) is 23.1 Å². The van der Waals surface area contributed by atoms with Crippen LogP contribution in [-0.2, 0) is 10.1 Å². The van der Waals surface area contributed by atoms with Crippen molar-refractivity contribution in [2.45, 2.75) is 44.4 Å². The van der Waals surface area contributed by atoms with E-state index in [4.69, 9.17) is 9.29 Å². The van der Waals surface area contributed by atoms with Gasteiger partial charge in [0.25, 0.3) is 10.1 Å². The zero-order chi connectivity index (χ0) is 13.6. The molecule has 0 bridgehead atoms. The molecule has 0 heterocycles. The fourth-order valence-electron chi connectivity index (χ4n) is 1.66. The maximum absolute atomic E-state index is 10.9. The van der Waals surface area contributed by atoms with E-state index in [1.54, 1.807) is 13.0 Å².